The normalized spacial score (nSPS) is 19.2. The Balaban J connectivity index is 1.91. The van der Waals surface area contributed by atoms with E-state index in [1.807, 2.05) is 18.2 Å². The first-order valence-corrected chi connectivity index (χ1v) is 6.81. The minimum atomic E-state index is -0.170. The lowest BCUT2D eigenvalue weighted by molar-refractivity contribution is -0.124. The van der Waals surface area contributed by atoms with Gasteiger partial charge in [-0.25, -0.2) is 0 Å². The van der Waals surface area contributed by atoms with Crippen LogP contribution < -0.4 is 5.73 Å². The van der Waals surface area contributed by atoms with E-state index in [-0.39, 0.29) is 18.1 Å². The van der Waals surface area contributed by atoms with E-state index < -0.39 is 0 Å². The van der Waals surface area contributed by atoms with E-state index in [9.17, 15) is 4.79 Å². The number of carbonyl (C=O) groups excluding carboxylic acids is 1. The zero-order valence-electron chi connectivity index (χ0n) is 11.4. The van der Waals surface area contributed by atoms with Crippen molar-refractivity contribution in [2.45, 2.75) is 25.5 Å². The molecule has 0 aromatic heterocycles. The Hall–Kier alpha value is -1.39. The van der Waals surface area contributed by atoms with E-state index in [0.29, 0.717) is 0 Å². The molecule has 1 atom stereocenters. The molecule has 1 aromatic rings. The van der Waals surface area contributed by atoms with Crippen molar-refractivity contribution in [3.8, 4) is 0 Å². The first kappa shape index (κ1) is 14.0. The molecule has 1 fully saturated rings. The number of ether oxygens (including phenoxy) is 1. The van der Waals surface area contributed by atoms with Gasteiger partial charge in [0, 0.05) is 32.5 Å². The number of hydrogen-bond donors (Lipinski definition) is 1. The summed E-state index contributed by atoms with van der Waals surface area (Å²) in [6, 6.07) is 10.3. The van der Waals surface area contributed by atoms with Crippen LogP contribution in [0.1, 0.15) is 18.4 Å². The number of piperidine rings is 1. The second kappa shape index (κ2) is 6.68. The Labute approximate surface area is 114 Å². The molecule has 1 saturated heterocycles. The van der Waals surface area contributed by atoms with Gasteiger partial charge in [-0.15, -0.1) is 0 Å². The van der Waals surface area contributed by atoms with Crippen molar-refractivity contribution in [2.24, 2.45) is 11.7 Å². The fourth-order valence-electron chi connectivity index (χ4n) is 2.65. The molecule has 1 aliphatic rings. The summed E-state index contributed by atoms with van der Waals surface area (Å²) in [5.41, 5.74) is 6.63. The molecule has 0 aliphatic carbocycles. The Morgan fingerprint density at radius 2 is 2.00 bits per heavy atom. The summed E-state index contributed by atoms with van der Waals surface area (Å²) in [7, 11) is 1.74. The molecule has 1 aromatic carbocycles. The minimum Gasteiger partial charge on any atom is -0.369 e. The molecule has 104 valence electrons. The third-order valence-electron chi connectivity index (χ3n) is 3.86. The van der Waals surface area contributed by atoms with Crippen molar-refractivity contribution in [1.82, 2.24) is 4.90 Å². The summed E-state index contributed by atoms with van der Waals surface area (Å²) in [6.07, 6.45) is 2.63. The summed E-state index contributed by atoms with van der Waals surface area (Å²) in [4.78, 5) is 13.5. The number of hydrogen-bond acceptors (Lipinski definition) is 3. The van der Waals surface area contributed by atoms with Gasteiger partial charge in [0.2, 0.25) is 5.91 Å². The second-order valence-electron chi connectivity index (χ2n) is 5.09. The van der Waals surface area contributed by atoms with E-state index >= 15 is 0 Å². The summed E-state index contributed by atoms with van der Waals surface area (Å²) in [6.45, 7) is 1.75. The maximum absolute atomic E-state index is 11.2. The number of nitrogens with two attached hydrogens (primary N) is 1. The molecule has 4 nitrogen and oxygen atoms in total. The summed E-state index contributed by atoms with van der Waals surface area (Å²) < 4.78 is 5.60. The van der Waals surface area contributed by atoms with Gasteiger partial charge in [0.15, 0.2) is 0 Å². The highest BCUT2D eigenvalue weighted by Crippen LogP contribution is 2.20. The molecule has 1 aliphatic heterocycles. The molecule has 0 spiro atoms. The molecule has 1 heterocycles. The molecule has 0 bridgehead atoms. The van der Waals surface area contributed by atoms with E-state index in [2.05, 4.69) is 17.0 Å². The first-order chi connectivity index (χ1) is 9.20. The summed E-state index contributed by atoms with van der Waals surface area (Å²) in [5.74, 6) is -0.137. The summed E-state index contributed by atoms with van der Waals surface area (Å²) in [5, 5.41) is 0. The Morgan fingerprint density at radius 3 is 2.53 bits per heavy atom. The number of primary amides is 1. The third kappa shape index (κ3) is 3.78. The third-order valence-corrected chi connectivity index (χ3v) is 3.86. The molecular weight excluding hydrogens is 240 g/mol. The molecule has 0 radical (unpaired) electrons. The highest BCUT2D eigenvalue weighted by molar-refractivity contribution is 5.76. The number of nitrogens with zero attached hydrogens (tertiary/aromatic N) is 1. The maximum atomic E-state index is 11.2. The van der Waals surface area contributed by atoms with Crippen molar-refractivity contribution in [1.29, 1.82) is 0 Å². The maximum Gasteiger partial charge on any atom is 0.220 e. The topological polar surface area (TPSA) is 55.6 Å². The number of amides is 1. The van der Waals surface area contributed by atoms with Gasteiger partial charge < -0.3 is 10.5 Å². The molecule has 1 unspecified atom stereocenters. The van der Waals surface area contributed by atoms with Crippen LogP contribution in [0.25, 0.3) is 0 Å². The van der Waals surface area contributed by atoms with Gasteiger partial charge in [-0.2, -0.15) is 0 Å². The van der Waals surface area contributed by atoms with Gasteiger partial charge in [-0.3, -0.25) is 9.69 Å². The smallest absolute Gasteiger partial charge is 0.220 e. The average molecular weight is 262 g/mol. The summed E-state index contributed by atoms with van der Waals surface area (Å²) >= 11 is 0. The largest absolute Gasteiger partial charge is 0.369 e. The molecule has 4 heteroatoms. The lowest BCUT2D eigenvalue weighted by Crippen LogP contribution is -2.45. The average Bonchev–Trinajstić information content (AvgIpc) is 2.46. The SMILES string of the molecule is COC(Cc1ccccc1)N1CCC(C(N)=O)CC1. The standard InChI is InChI=1S/C15H22N2O2/c1-19-14(11-12-5-3-2-4-6-12)17-9-7-13(8-10-17)15(16)18/h2-6,13-14H,7-11H2,1H3,(H2,16,18). The monoisotopic (exact) mass is 262 g/mol. The zero-order chi connectivity index (χ0) is 13.7. The van der Waals surface area contributed by atoms with E-state index in [1.165, 1.54) is 5.56 Å². The zero-order valence-corrected chi connectivity index (χ0v) is 11.4. The van der Waals surface area contributed by atoms with Gasteiger partial charge in [-0.05, 0) is 18.4 Å². The van der Waals surface area contributed by atoms with Gasteiger partial charge in [0.1, 0.15) is 6.23 Å². The van der Waals surface area contributed by atoms with Crippen LogP contribution in [-0.2, 0) is 16.0 Å². The van der Waals surface area contributed by atoms with Crippen LogP contribution in [0.5, 0.6) is 0 Å². The molecular formula is C15H22N2O2. The van der Waals surface area contributed by atoms with Crippen LogP contribution in [0.2, 0.25) is 0 Å². The van der Waals surface area contributed by atoms with Crippen molar-refractivity contribution in [3.05, 3.63) is 35.9 Å². The second-order valence-corrected chi connectivity index (χ2v) is 5.09. The van der Waals surface area contributed by atoms with E-state index in [4.69, 9.17) is 10.5 Å². The van der Waals surface area contributed by atoms with Crippen molar-refractivity contribution >= 4 is 5.91 Å². The van der Waals surface area contributed by atoms with Crippen molar-refractivity contribution in [2.75, 3.05) is 20.2 Å². The molecule has 0 saturated carbocycles. The lowest BCUT2D eigenvalue weighted by atomic mass is 9.95. The van der Waals surface area contributed by atoms with Gasteiger partial charge in [0.05, 0.1) is 0 Å². The lowest BCUT2D eigenvalue weighted by Gasteiger charge is -2.35. The van der Waals surface area contributed by atoms with Crippen LogP contribution in [0, 0.1) is 5.92 Å². The quantitative estimate of drug-likeness (QED) is 0.872. The van der Waals surface area contributed by atoms with E-state index in [0.717, 1.165) is 32.4 Å². The number of methoxy groups -OCH3 is 1. The van der Waals surface area contributed by atoms with E-state index in [1.54, 1.807) is 7.11 Å². The van der Waals surface area contributed by atoms with Crippen molar-refractivity contribution < 1.29 is 9.53 Å². The number of rotatable bonds is 5. The molecule has 2 N–H and O–H groups in total. The predicted octanol–water partition coefficient (Wildman–Crippen LogP) is 1.40. The minimum absolute atomic E-state index is 0.0329. The van der Waals surface area contributed by atoms with Crippen LogP contribution in [0.15, 0.2) is 30.3 Å². The van der Waals surface area contributed by atoms with Crippen LogP contribution in [-0.4, -0.2) is 37.2 Å². The Morgan fingerprint density at radius 1 is 1.37 bits per heavy atom. The van der Waals surface area contributed by atoms with Gasteiger partial charge in [0.25, 0.3) is 0 Å². The molecule has 1 amide bonds. The fraction of sp³-hybridized carbons (Fsp3) is 0.533. The molecule has 19 heavy (non-hydrogen) atoms. The highest BCUT2D eigenvalue weighted by Gasteiger charge is 2.27. The van der Waals surface area contributed by atoms with Gasteiger partial charge >= 0.3 is 0 Å². The number of benzene rings is 1. The van der Waals surface area contributed by atoms with Crippen molar-refractivity contribution in [3.63, 3.8) is 0 Å². The number of carbonyl (C=O) groups is 1. The molecule has 2 rings (SSSR count). The van der Waals surface area contributed by atoms with Crippen LogP contribution in [0.4, 0.5) is 0 Å². The van der Waals surface area contributed by atoms with Crippen LogP contribution >= 0.6 is 0 Å². The predicted molar refractivity (Wildman–Crippen MR) is 74.4 cm³/mol. The Kier molecular flexibility index (Phi) is 4.93. The first-order valence-electron chi connectivity index (χ1n) is 6.81. The Bertz CT molecular complexity index is 400. The highest BCUT2D eigenvalue weighted by atomic mass is 16.5. The number of likely N-dealkylation sites (tertiary alicyclic amines) is 1. The fourth-order valence-corrected chi connectivity index (χ4v) is 2.65. The van der Waals surface area contributed by atoms with Gasteiger partial charge in [-0.1, -0.05) is 30.3 Å². The van der Waals surface area contributed by atoms with Crippen LogP contribution in [0.3, 0.4) is 0 Å².